The maximum Gasteiger partial charge on any atom is 0.269 e. The van der Waals surface area contributed by atoms with Gasteiger partial charge in [-0.05, 0) is 31.9 Å². The highest BCUT2D eigenvalue weighted by atomic mass is 32.1. The molecule has 0 radical (unpaired) electrons. The van der Waals surface area contributed by atoms with Crippen LogP contribution in [0.5, 0.6) is 0 Å². The first-order valence-electron chi connectivity index (χ1n) is 6.92. The molecule has 3 aromatic heterocycles. The highest BCUT2D eigenvalue weighted by Crippen LogP contribution is 2.34. The predicted octanol–water partition coefficient (Wildman–Crippen LogP) is 3.30. The number of anilines is 2. The monoisotopic (exact) mass is 316 g/mol. The molecule has 1 amide bonds. The largest absolute Gasteiger partial charge is 0.397 e. The summed E-state index contributed by atoms with van der Waals surface area (Å²) < 4.78 is 4.93. The van der Waals surface area contributed by atoms with Crippen LogP contribution in [0.15, 0.2) is 16.7 Å². The first-order valence-corrected chi connectivity index (χ1v) is 7.74. The highest BCUT2D eigenvalue weighted by Gasteiger charge is 2.19. The molecule has 0 bridgehead atoms. The Labute approximate surface area is 131 Å². The number of rotatable bonds is 3. The van der Waals surface area contributed by atoms with Crippen molar-refractivity contribution in [2.75, 3.05) is 11.1 Å². The van der Waals surface area contributed by atoms with Crippen molar-refractivity contribution in [1.82, 2.24) is 10.1 Å². The number of aromatic nitrogens is 2. The fraction of sp³-hybridized carbons (Fsp3) is 0.267. The van der Waals surface area contributed by atoms with E-state index in [4.69, 9.17) is 10.3 Å². The van der Waals surface area contributed by atoms with Gasteiger partial charge in [-0.2, -0.15) is 0 Å². The maximum atomic E-state index is 12.4. The number of nitrogen functional groups attached to an aromatic ring is 1. The van der Waals surface area contributed by atoms with Gasteiger partial charge in [0.2, 0.25) is 0 Å². The van der Waals surface area contributed by atoms with Gasteiger partial charge >= 0.3 is 0 Å². The van der Waals surface area contributed by atoms with Crippen LogP contribution in [0.25, 0.3) is 10.2 Å². The average Bonchev–Trinajstić information content (AvgIpc) is 3.02. The minimum Gasteiger partial charge on any atom is -0.397 e. The van der Waals surface area contributed by atoms with E-state index in [1.54, 1.807) is 13.0 Å². The third-order valence-electron chi connectivity index (χ3n) is 3.43. The Hall–Kier alpha value is -2.41. The van der Waals surface area contributed by atoms with Crippen LogP contribution in [0.1, 0.15) is 33.6 Å². The van der Waals surface area contributed by atoms with Crippen molar-refractivity contribution in [3.05, 3.63) is 34.0 Å². The van der Waals surface area contributed by atoms with Crippen molar-refractivity contribution in [2.24, 2.45) is 0 Å². The Morgan fingerprint density at radius 1 is 1.41 bits per heavy atom. The van der Waals surface area contributed by atoms with Gasteiger partial charge in [-0.25, -0.2) is 4.98 Å². The second-order valence-corrected chi connectivity index (χ2v) is 6.08. The van der Waals surface area contributed by atoms with Crippen molar-refractivity contribution in [1.29, 1.82) is 0 Å². The minimum atomic E-state index is -0.301. The van der Waals surface area contributed by atoms with Gasteiger partial charge in [-0.15, -0.1) is 11.3 Å². The molecule has 114 valence electrons. The molecule has 7 heteroatoms. The number of pyridine rings is 1. The number of thiophene rings is 1. The van der Waals surface area contributed by atoms with E-state index < -0.39 is 0 Å². The lowest BCUT2D eigenvalue weighted by Crippen LogP contribution is -2.12. The Morgan fingerprint density at radius 2 is 2.18 bits per heavy atom. The van der Waals surface area contributed by atoms with Gasteiger partial charge in [0.05, 0.1) is 5.69 Å². The van der Waals surface area contributed by atoms with E-state index in [1.807, 2.05) is 13.0 Å². The van der Waals surface area contributed by atoms with E-state index in [2.05, 4.69) is 22.4 Å². The Balaban J connectivity index is 2.00. The molecule has 3 N–H and O–H groups in total. The quantitative estimate of drug-likeness (QED) is 0.773. The molecule has 6 nitrogen and oxygen atoms in total. The van der Waals surface area contributed by atoms with Gasteiger partial charge in [-0.3, -0.25) is 4.79 Å². The molecule has 0 saturated carbocycles. The van der Waals surface area contributed by atoms with Crippen molar-refractivity contribution in [2.45, 2.75) is 27.2 Å². The summed E-state index contributed by atoms with van der Waals surface area (Å²) in [5.74, 6) is 0.701. The molecule has 3 heterocycles. The number of nitrogens with two attached hydrogens (primary N) is 1. The van der Waals surface area contributed by atoms with Gasteiger partial charge in [0.15, 0.2) is 5.82 Å². The van der Waals surface area contributed by atoms with Gasteiger partial charge < -0.3 is 15.6 Å². The summed E-state index contributed by atoms with van der Waals surface area (Å²) in [6.07, 6.45) is 0.847. The number of aryl methyl sites for hydroxylation is 3. The highest BCUT2D eigenvalue weighted by molar-refractivity contribution is 7.21. The third kappa shape index (κ3) is 2.43. The molecule has 0 aromatic carbocycles. The van der Waals surface area contributed by atoms with E-state index in [9.17, 15) is 4.79 Å². The van der Waals surface area contributed by atoms with E-state index in [0.717, 1.165) is 27.9 Å². The number of hydrogen-bond acceptors (Lipinski definition) is 6. The van der Waals surface area contributed by atoms with Crippen molar-refractivity contribution in [3.63, 3.8) is 0 Å². The number of nitrogens with zero attached hydrogens (tertiary/aromatic N) is 2. The first kappa shape index (κ1) is 14.5. The molecular weight excluding hydrogens is 300 g/mol. The van der Waals surface area contributed by atoms with E-state index in [0.29, 0.717) is 22.1 Å². The molecule has 0 unspecified atom stereocenters. The molecule has 22 heavy (non-hydrogen) atoms. The number of carbonyl (C=O) groups is 1. The zero-order valence-electron chi connectivity index (χ0n) is 12.6. The van der Waals surface area contributed by atoms with Crippen LogP contribution in [-0.2, 0) is 6.42 Å². The number of carbonyl (C=O) groups excluding carboxylic acids is 1. The van der Waals surface area contributed by atoms with Crippen molar-refractivity contribution < 1.29 is 9.32 Å². The van der Waals surface area contributed by atoms with E-state index in [-0.39, 0.29) is 5.91 Å². The molecular formula is C15H16N4O2S. The van der Waals surface area contributed by atoms with Crippen LogP contribution in [0.4, 0.5) is 11.5 Å². The summed E-state index contributed by atoms with van der Waals surface area (Å²) in [6.45, 7) is 5.81. The molecule has 0 spiro atoms. The number of amides is 1. The number of nitrogens with one attached hydrogen (secondary N) is 1. The van der Waals surface area contributed by atoms with Gasteiger partial charge in [0, 0.05) is 17.1 Å². The Kier molecular flexibility index (Phi) is 3.58. The molecule has 0 fully saturated rings. The van der Waals surface area contributed by atoms with Crippen LogP contribution < -0.4 is 11.1 Å². The number of fused-ring (bicyclic) bond motifs is 1. The van der Waals surface area contributed by atoms with E-state index >= 15 is 0 Å². The third-order valence-corrected chi connectivity index (χ3v) is 4.54. The molecule has 0 aliphatic carbocycles. The zero-order valence-corrected chi connectivity index (χ0v) is 13.4. The molecule has 3 aromatic rings. The smallest absolute Gasteiger partial charge is 0.269 e. The average molecular weight is 316 g/mol. The molecule has 0 aliphatic heterocycles. The second-order valence-electron chi connectivity index (χ2n) is 5.08. The summed E-state index contributed by atoms with van der Waals surface area (Å²) in [5.41, 5.74) is 8.68. The summed E-state index contributed by atoms with van der Waals surface area (Å²) >= 11 is 1.29. The van der Waals surface area contributed by atoms with Crippen molar-refractivity contribution in [3.8, 4) is 0 Å². The van der Waals surface area contributed by atoms with Crippen LogP contribution >= 0.6 is 11.3 Å². The van der Waals surface area contributed by atoms with Crippen LogP contribution in [-0.4, -0.2) is 16.0 Å². The Bertz CT molecular complexity index is 866. The summed E-state index contributed by atoms with van der Waals surface area (Å²) in [6, 6.07) is 3.64. The Morgan fingerprint density at radius 3 is 2.82 bits per heavy atom. The lowest BCUT2D eigenvalue weighted by Gasteiger charge is -2.02. The summed E-state index contributed by atoms with van der Waals surface area (Å²) in [4.78, 5) is 18.2. The fourth-order valence-corrected chi connectivity index (χ4v) is 3.29. The first-order chi connectivity index (χ1) is 10.5. The summed E-state index contributed by atoms with van der Waals surface area (Å²) in [5, 5.41) is 7.25. The van der Waals surface area contributed by atoms with Crippen LogP contribution in [0.2, 0.25) is 0 Å². The molecule has 0 aliphatic rings. The van der Waals surface area contributed by atoms with Gasteiger partial charge in [0.1, 0.15) is 15.5 Å². The predicted molar refractivity (Wildman–Crippen MR) is 87.3 cm³/mol. The lowest BCUT2D eigenvalue weighted by atomic mass is 10.1. The van der Waals surface area contributed by atoms with Crippen LogP contribution in [0.3, 0.4) is 0 Å². The SMILES string of the molecule is CCc1nc2sc(C(=O)Nc3cc(C)on3)c(N)c2cc1C. The molecule has 0 saturated heterocycles. The molecule has 3 rings (SSSR count). The second kappa shape index (κ2) is 5.42. The standard InChI is InChI=1S/C15H16N4O2S/c1-4-10-7(2)5-9-12(16)13(22-15(9)17-10)14(20)18-11-6-8(3)21-19-11/h5-6H,4,16H2,1-3H3,(H,18,19,20). The van der Waals surface area contributed by atoms with Crippen LogP contribution in [0, 0.1) is 13.8 Å². The van der Waals surface area contributed by atoms with Gasteiger partial charge in [0.25, 0.3) is 5.91 Å². The lowest BCUT2D eigenvalue weighted by molar-refractivity contribution is 0.103. The normalized spacial score (nSPS) is 11.0. The number of hydrogen-bond donors (Lipinski definition) is 2. The van der Waals surface area contributed by atoms with Crippen molar-refractivity contribution >= 4 is 39.0 Å². The van der Waals surface area contributed by atoms with E-state index in [1.165, 1.54) is 11.3 Å². The maximum absolute atomic E-state index is 12.4. The van der Waals surface area contributed by atoms with Gasteiger partial charge in [-0.1, -0.05) is 12.1 Å². The zero-order chi connectivity index (χ0) is 15.9. The topological polar surface area (TPSA) is 94.0 Å². The fourth-order valence-electron chi connectivity index (χ4n) is 2.30. The minimum absolute atomic E-state index is 0.301. The summed E-state index contributed by atoms with van der Waals surface area (Å²) in [7, 11) is 0. The molecule has 0 atom stereocenters.